The first kappa shape index (κ1) is 22.2. The fraction of sp³-hybridized carbons (Fsp3) is 0.300. The average molecular weight is 453 g/mol. The van der Waals surface area contributed by atoms with Crippen LogP contribution < -0.4 is 4.31 Å². The van der Waals surface area contributed by atoms with Crippen LogP contribution in [0.15, 0.2) is 53.7 Å². The number of sulfonamides is 1. The zero-order chi connectivity index (χ0) is 22.1. The topological polar surface area (TPSA) is 77.3 Å². The second-order valence-electron chi connectivity index (χ2n) is 7.58. The third-order valence-corrected chi connectivity index (χ3v) is 6.66. The molecule has 30 heavy (non-hydrogen) atoms. The van der Waals surface area contributed by atoms with Crippen molar-refractivity contribution in [2.24, 2.45) is 0 Å². The first-order chi connectivity index (χ1) is 14.1. The van der Waals surface area contributed by atoms with Gasteiger partial charge >= 0.3 is 0 Å². The van der Waals surface area contributed by atoms with E-state index in [0.29, 0.717) is 11.4 Å². The van der Waals surface area contributed by atoms with Gasteiger partial charge < -0.3 is 4.74 Å². The molecule has 0 amide bonds. The van der Waals surface area contributed by atoms with E-state index < -0.39 is 21.4 Å². The minimum atomic E-state index is -4.05. The third-order valence-electron chi connectivity index (χ3n) is 4.27. The van der Waals surface area contributed by atoms with E-state index >= 15 is 0 Å². The fourth-order valence-electron chi connectivity index (χ4n) is 3.13. The summed E-state index contributed by atoms with van der Waals surface area (Å²) < 4.78 is 49.7. The van der Waals surface area contributed by atoms with E-state index in [1.165, 1.54) is 35.9 Å². The van der Waals surface area contributed by atoms with Crippen molar-refractivity contribution in [2.45, 2.75) is 37.9 Å². The molecular formula is C20H22ClFN4O3S. The van der Waals surface area contributed by atoms with Crippen LogP contribution in [0.5, 0.6) is 0 Å². The Kier molecular flexibility index (Phi) is 6.16. The molecule has 0 saturated carbocycles. The number of methoxy groups -OCH3 is 1. The van der Waals surface area contributed by atoms with Gasteiger partial charge in [-0.3, -0.25) is 8.87 Å². The van der Waals surface area contributed by atoms with Crippen LogP contribution in [0, 0.1) is 5.82 Å². The van der Waals surface area contributed by atoms with Gasteiger partial charge in [0.1, 0.15) is 18.9 Å². The van der Waals surface area contributed by atoms with Crippen LogP contribution in [-0.2, 0) is 21.5 Å². The molecule has 0 N–H and O–H groups in total. The molecule has 1 heterocycles. The predicted octanol–water partition coefficient (Wildman–Crippen LogP) is 4.34. The Hall–Kier alpha value is -2.49. The van der Waals surface area contributed by atoms with Crippen LogP contribution in [0.2, 0.25) is 5.02 Å². The molecule has 1 aromatic heterocycles. The van der Waals surface area contributed by atoms with Crippen LogP contribution in [0.4, 0.5) is 10.1 Å². The maximum atomic E-state index is 14.6. The molecule has 0 unspecified atom stereocenters. The summed E-state index contributed by atoms with van der Waals surface area (Å²) >= 11 is 6.05. The molecule has 0 atom stereocenters. The van der Waals surface area contributed by atoms with Crippen LogP contribution >= 0.6 is 11.6 Å². The van der Waals surface area contributed by atoms with Crippen molar-refractivity contribution in [3.05, 3.63) is 59.6 Å². The molecule has 0 aliphatic rings. The molecule has 10 heteroatoms. The van der Waals surface area contributed by atoms with Crippen molar-refractivity contribution < 1.29 is 17.5 Å². The first-order valence-electron chi connectivity index (χ1n) is 9.04. The molecule has 2 aromatic carbocycles. The van der Waals surface area contributed by atoms with Crippen molar-refractivity contribution in [1.82, 2.24) is 14.8 Å². The van der Waals surface area contributed by atoms with Gasteiger partial charge in [0.25, 0.3) is 10.0 Å². The molecule has 3 rings (SSSR count). The molecule has 160 valence electrons. The summed E-state index contributed by atoms with van der Waals surface area (Å²) in [6.07, 6.45) is 1.44. The zero-order valence-corrected chi connectivity index (χ0v) is 18.6. The highest BCUT2D eigenvalue weighted by Crippen LogP contribution is 2.40. The van der Waals surface area contributed by atoms with Crippen LogP contribution in [0.1, 0.15) is 20.8 Å². The van der Waals surface area contributed by atoms with Gasteiger partial charge in [0, 0.05) is 24.3 Å². The number of ether oxygens (including phenoxy) is 1. The lowest BCUT2D eigenvalue weighted by Crippen LogP contribution is -2.46. The number of rotatable bonds is 6. The number of aromatic nitrogens is 3. The molecular weight excluding hydrogens is 431 g/mol. The minimum absolute atomic E-state index is 0.0830. The Morgan fingerprint density at radius 2 is 1.87 bits per heavy atom. The Bertz CT molecular complexity index is 1140. The molecule has 0 saturated heterocycles. The Labute approximate surface area is 180 Å². The van der Waals surface area contributed by atoms with Crippen molar-refractivity contribution in [2.75, 3.05) is 11.4 Å². The predicted molar refractivity (Wildman–Crippen MR) is 113 cm³/mol. The highest BCUT2D eigenvalue weighted by molar-refractivity contribution is 7.93. The summed E-state index contributed by atoms with van der Waals surface area (Å²) in [5, 5.41) is 7.81. The lowest BCUT2D eigenvalue weighted by atomic mass is 10.1. The smallest absolute Gasteiger partial charge is 0.264 e. The number of anilines is 1. The van der Waals surface area contributed by atoms with E-state index in [0.717, 1.165) is 6.07 Å². The molecule has 3 aromatic rings. The molecule has 0 aliphatic heterocycles. The third kappa shape index (κ3) is 4.19. The van der Waals surface area contributed by atoms with Gasteiger partial charge in [0.05, 0.1) is 15.6 Å². The van der Waals surface area contributed by atoms with Gasteiger partial charge in [-0.15, -0.1) is 10.2 Å². The van der Waals surface area contributed by atoms with E-state index in [9.17, 15) is 12.8 Å². The Balaban J connectivity index is 2.32. The van der Waals surface area contributed by atoms with Crippen molar-refractivity contribution >= 4 is 27.3 Å². The first-order valence-corrected chi connectivity index (χ1v) is 10.9. The molecule has 0 bridgehead atoms. The quantitative estimate of drug-likeness (QED) is 0.556. The SMILES string of the molecule is COCn1cnnc1-c1cc(Cl)c(F)cc1N(C(C)(C)C)S(=O)(=O)c1ccccc1. The zero-order valence-electron chi connectivity index (χ0n) is 17.0. The van der Waals surface area contributed by atoms with E-state index in [1.807, 2.05) is 0 Å². The summed E-state index contributed by atoms with van der Waals surface area (Å²) in [7, 11) is -2.54. The number of benzene rings is 2. The van der Waals surface area contributed by atoms with Crippen LogP contribution in [-0.4, -0.2) is 35.8 Å². The second-order valence-corrected chi connectivity index (χ2v) is 9.77. The van der Waals surface area contributed by atoms with Gasteiger partial charge in [0.2, 0.25) is 0 Å². The number of halogens is 2. The Morgan fingerprint density at radius 3 is 2.47 bits per heavy atom. The molecule has 0 aliphatic carbocycles. The number of hydrogen-bond donors (Lipinski definition) is 0. The molecule has 7 nitrogen and oxygen atoms in total. The van der Waals surface area contributed by atoms with E-state index in [1.54, 1.807) is 43.5 Å². The summed E-state index contributed by atoms with van der Waals surface area (Å²) in [5.74, 6) is -0.447. The maximum Gasteiger partial charge on any atom is 0.264 e. The molecule has 0 spiro atoms. The summed E-state index contributed by atoms with van der Waals surface area (Å²) in [5.41, 5.74) is -0.528. The van der Waals surface area contributed by atoms with Crippen LogP contribution in [0.3, 0.4) is 0 Å². The summed E-state index contributed by atoms with van der Waals surface area (Å²) in [6, 6.07) is 10.4. The molecule has 0 fully saturated rings. The second kappa shape index (κ2) is 8.33. The monoisotopic (exact) mass is 452 g/mol. The van der Waals surface area contributed by atoms with Gasteiger partial charge in [-0.1, -0.05) is 29.8 Å². The van der Waals surface area contributed by atoms with Crippen molar-refractivity contribution in [3.63, 3.8) is 0 Å². The van der Waals surface area contributed by atoms with Crippen LogP contribution in [0.25, 0.3) is 11.4 Å². The standard InChI is InChI=1S/C20H22ClFN4O3S/c1-20(2,3)26(30(27,28)14-8-6-5-7-9-14)18-11-17(22)16(21)10-15(18)19-24-23-12-25(19)13-29-4/h5-12H,13H2,1-4H3. The molecule has 0 radical (unpaired) electrons. The summed E-state index contributed by atoms with van der Waals surface area (Å²) in [4.78, 5) is 0.0830. The number of nitrogens with zero attached hydrogens (tertiary/aromatic N) is 4. The highest BCUT2D eigenvalue weighted by atomic mass is 35.5. The van der Waals surface area contributed by atoms with Crippen molar-refractivity contribution in [3.8, 4) is 11.4 Å². The summed E-state index contributed by atoms with van der Waals surface area (Å²) in [6.45, 7) is 5.30. The maximum absolute atomic E-state index is 14.6. The lowest BCUT2D eigenvalue weighted by molar-refractivity contribution is 0.132. The van der Waals surface area contributed by atoms with E-state index in [2.05, 4.69) is 10.2 Å². The van der Waals surface area contributed by atoms with Crippen molar-refractivity contribution in [1.29, 1.82) is 0 Å². The van der Waals surface area contributed by atoms with Gasteiger partial charge in [-0.2, -0.15) is 0 Å². The minimum Gasteiger partial charge on any atom is -0.364 e. The Morgan fingerprint density at radius 1 is 1.20 bits per heavy atom. The fourth-order valence-corrected chi connectivity index (χ4v) is 5.14. The average Bonchev–Trinajstić information content (AvgIpc) is 3.12. The van der Waals surface area contributed by atoms with Gasteiger partial charge in [-0.25, -0.2) is 12.8 Å². The highest BCUT2D eigenvalue weighted by Gasteiger charge is 2.37. The largest absolute Gasteiger partial charge is 0.364 e. The van der Waals surface area contributed by atoms with Gasteiger partial charge in [-0.05, 0) is 39.0 Å². The number of hydrogen-bond acceptors (Lipinski definition) is 5. The van der Waals surface area contributed by atoms with Gasteiger partial charge in [0.15, 0.2) is 5.82 Å². The van der Waals surface area contributed by atoms with E-state index in [-0.39, 0.29) is 22.3 Å². The lowest BCUT2D eigenvalue weighted by Gasteiger charge is -2.37. The van der Waals surface area contributed by atoms with E-state index in [4.69, 9.17) is 16.3 Å². The normalized spacial score (nSPS) is 12.2.